The summed E-state index contributed by atoms with van der Waals surface area (Å²) in [5.74, 6) is 0. The lowest BCUT2D eigenvalue weighted by Crippen LogP contribution is -2.11. The highest BCUT2D eigenvalue weighted by molar-refractivity contribution is 9.10. The highest BCUT2D eigenvalue weighted by Crippen LogP contribution is 2.10. The molecule has 14 heavy (non-hydrogen) atoms. The van der Waals surface area contributed by atoms with Gasteiger partial charge in [-0.2, -0.15) is 0 Å². The van der Waals surface area contributed by atoms with E-state index in [9.17, 15) is 0 Å². The van der Waals surface area contributed by atoms with E-state index in [0.29, 0.717) is 0 Å². The summed E-state index contributed by atoms with van der Waals surface area (Å²) in [7, 11) is 0. The van der Waals surface area contributed by atoms with Gasteiger partial charge in [-0.05, 0) is 17.7 Å². The number of hydrogen-bond acceptors (Lipinski definition) is 3. The molecule has 72 valence electrons. The normalized spacial score (nSPS) is 10.1. The predicted molar refractivity (Wildman–Crippen MR) is 57.2 cm³/mol. The molecule has 5 heteroatoms. The maximum absolute atomic E-state index is 3.69. The van der Waals surface area contributed by atoms with Crippen molar-refractivity contribution in [2.75, 3.05) is 5.43 Å². The zero-order chi connectivity index (χ0) is 9.80. The van der Waals surface area contributed by atoms with Crippen LogP contribution in [0.5, 0.6) is 0 Å². The van der Waals surface area contributed by atoms with Crippen LogP contribution in [0.25, 0.3) is 0 Å². The van der Waals surface area contributed by atoms with Crippen molar-refractivity contribution in [3.05, 3.63) is 47.0 Å². The second-order valence-corrected chi connectivity index (χ2v) is 3.75. The van der Waals surface area contributed by atoms with Gasteiger partial charge in [0.2, 0.25) is 0 Å². The lowest BCUT2D eigenvalue weighted by molar-refractivity contribution is 0.836. The van der Waals surface area contributed by atoms with Crippen LogP contribution in [0.3, 0.4) is 0 Å². The molecule has 0 amide bonds. The zero-order valence-corrected chi connectivity index (χ0v) is 8.98. The van der Waals surface area contributed by atoms with E-state index in [1.165, 1.54) is 5.56 Å². The molecule has 0 atom stereocenters. The zero-order valence-electron chi connectivity index (χ0n) is 7.39. The van der Waals surface area contributed by atoms with E-state index in [4.69, 9.17) is 0 Å². The second-order valence-electron chi connectivity index (χ2n) is 2.83. The average molecular weight is 253 g/mol. The van der Waals surface area contributed by atoms with Crippen molar-refractivity contribution in [2.45, 2.75) is 6.54 Å². The Morgan fingerprint density at radius 3 is 2.43 bits per heavy atom. The van der Waals surface area contributed by atoms with Crippen molar-refractivity contribution in [3.63, 3.8) is 0 Å². The fourth-order valence-corrected chi connectivity index (χ4v) is 1.33. The Kier molecular flexibility index (Phi) is 2.78. The average Bonchev–Trinajstić information content (AvgIpc) is 2.70. The SMILES string of the molecule is Brc1ccc(CNn2cnnc2)cc1. The Labute approximate surface area is 90.1 Å². The van der Waals surface area contributed by atoms with Crippen LogP contribution in [0.15, 0.2) is 41.4 Å². The van der Waals surface area contributed by atoms with Crippen LogP contribution < -0.4 is 5.43 Å². The lowest BCUT2D eigenvalue weighted by Gasteiger charge is -2.05. The third kappa shape index (κ3) is 2.32. The molecule has 1 heterocycles. The van der Waals surface area contributed by atoms with E-state index in [1.807, 2.05) is 12.1 Å². The Bertz CT molecular complexity index is 382. The van der Waals surface area contributed by atoms with Gasteiger partial charge in [0, 0.05) is 4.47 Å². The molecule has 2 rings (SSSR count). The summed E-state index contributed by atoms with van der Waals surface area (Å²) >= 11 is 3.39. The highest BCUT2D eigenvalue weighted by atomic mass is 79.9. The molecule has 0 aliphatic carbocycles. The van der Waals surface area contributed by atoms with Gasteiger partial charge in [0.25, 0.3) is 0 Å². The fraction of sp³-hybridized carbons (Fsp3) is 0.111. The van der Waals surface area contributed by atoms with E-state index in [-0.39, 0.29) is 0 Å². The molecule has 1 aromatic heterocycles. The van der Waals surface area contributed by atoms with Crippen molar-refractivity contribution >= 4 is 15.9 Å². The number of rotatable bonds is 3. The summed E-state index contributed by atoms with van der Waals surface area (Å²) in [4.78, 5) is 0. The van der Waals surface area contributed by atoms with Gasteiger partial charge in [-0.15, -0.1) is 10.2 Å². The van der Waals surface area contributed by atoms with Gasteiger partial charge < -0.3 is 5.43 Å². The Balaban J connectivity index is 1.95. The van der Waals surface area contributed by atoms with E-state index in [1.54, 1.807) is 17.3 Å². The highest BCUT2D eigenvalue weighted by Gasteiger charge is 1.92. The maximum Gasteiger partial charge on any atom is 0.138 e. The molecule has 0 aliphatic rings. The van der Waals surface area contributed by atoms with E-state index < -0.39 is 0 Å². The standard InChI is InChI=1S/C9H9BrN4/c10-9-3-1-8(2-4-9)5-13-14-6-11-12-7-14/h1-4,6-7,13H,5H2. The van der Waals surface area contributed by atoms with Crippen LogP contribution in [0, 0.1) is 0 Å². The summed E-state index contributed by atoms with van der Waals surface area (Å²) < 4.78 is 2.81. The van der Waals surface area contributed by atoms with Crippen LogP contribution in [0.2, 0.25) is 0 Å². The first-order valence-electron chi connectivity index (χ1n) is 4.17. The molecule has 0 aliphatic heterocycles. The van der Waals surface area contributed by atoms with Crippen molar-refractivity contribution in [2.24, 2.45) is 0 Å². The van der Waals surface area contributed by atoms with Gasteiger partial charge in [-0.25, -0.2) is 4.68 Å². The number of halogens is 1. The van der Waals surface area contributed by atoms with E-state index in [2.05, 4.69) is 43.7 Å². The number of nitrogens with zero attached hydrogens (tertiary/aromatic N) is 3. The van der Waals surface area contributed by atoms with Gasteiger partial charge in [-0.1, -0.05) is 28.1 Å². The summed E-state index contributed by atoms with van der Waals surface area (Å²) in [6.45, 7) is 0.755. The van der Waals surface area contributed by atoms with Crippen molar-refractivity contribution < 1.29 is 0 Å². The van der Waals surface area contributed by atoms with E-state index in [0.717, 1.165) is 11.0 Å². The molecule has 0 fully saturated rings. The Morgan fingerprint density at radius 2 is 1.79 bits per heavy atom. The van der Waals surface area contributed by atoms with E-state index >= 15 is 0 Å². The predicted octanol–water partition coefficient (Wildman–Crippen LogP) is 1.78. The third-order valence-electron chi connectivity index (χ3n) is 1.80. The molecule has 0 saturated carbocycles. The van der Waals surface area contributed by atoms with Crippen LogP contribution in [-0.4, -0.2) is 14.9 Å². The van der Waals surface area contributed by atoms with Gasteiger partial charge in [0.05, 0.1) is 6.54 Å². The molecule has 0 spiro atoms. The first kappa shape index (κ1) is 9.21. The van der Waals surface area contributed by atoms with Crippen LogP contribution in [0.1, 0.15) is 5.56 Å². The van der Waals surface area contributed by atoms with Gasteiger partial charge in [-0.3, -0.25) is 0 Å². The molecule has 1 aromatic carbocycles. The minimum absolute atomic E-state index is 0.755. The monoisotopic (exact) mass is 252 g/mol. The summed E-state index contributed by atoms with van der Waals surface area (Å²) in [6, 6.07) is 8.15. The molecule has 1 N–H and O–H groups in total. The van der Waals surface area contributed by atoms with Crippen LogP contribution in [-0.2, 0) is 6.54 Å². The quantitative estimate of drug-likeness (QED) is 0.906. The molecule has 0 unspecified atom stereocenters. The van der Waals surface area contributed by atoms with Gasteiger partial charge in [0.1, 0.15) is 12.7 Å². The molecule has 0 bridgehead atoms. The largest absolute Gasteiger partial charge is 0.319 e. The first-order chi connectivity index (χ1) is 6.84. The lowest BCUT2D eigenvalue weighted by atomic mass is 10.2. The molecule has 0 radical (unpaired) electrons. The van der Waals surface area contributed by atoms with Crippen LogP contribution in [0.4, 0.5) is 0 Å². The third-order valence-corrected chi connectivity index (χ3v) is 2.33. The molecule has 4 nitrogen and oxygen atoms in total. The first-order valence-corrected chi connectivity index (χ1v) is 4.97. The van der Waals surface area contributed by atoms with Gasteiger partial charge in [0.15, 0.2) is 0 Å². The number of nitrogens with one attached hydrogen (secondary N) is 1. The second kappa shape index (κ2) is 4.23. The number of aromatic nitrogens is 3. The molecular weight excluding hydrogens is 244 g/mol. The minimum Gasteiger partial charge on any atom is -0.319 e. The Hall–Kier alpha value is -1.36. The number of hydrogen-bond donors (Lipinski definition) is 1. The minimum atomic E-state index is 0.755. The van der Waals surface area contributed by atoms with Gasteiger partial charge >= 0.3 is 0 Å². The topological polar surface area (TPSA) is 42.7 Å². The smallest absolute Gasteiger partial charge is 0.138 e. The fourth-order valence-electron chi connectivity index (χ4n) is 1.07. The summed E-state index contributed by atoms with van der Waals surface area (Å²) in [5.41, 5.74) is 4.35. The summed E-state index contributed by atoms with van der Waals surface area (Å²) in [5, 5.41) is 7.38. The number of benzene rings is 1. The van der Waals surface area contributed by atoms with Crippen molar-refractivity contribution in [1.82, 2.24) is 14.9 Å². The van der Waals surface area contributed by atoms with Crippen LogP contribution >= 0.6 is 15.9 Å². The molecule has 0 saturated heterocycles. The Morgan fingerprint density at radius 1 is 1.14 bits per heavy atom. The molecule has 2 aromatic rings. The summed E-state index contributed by atoms with van der Waals surface area (Å²) in [6.07, 6.45) is 3.25. The van der Waals surface area contributed by atoms with Crippen molar-refractivity contribution in [1.29, 1.82) is 0 Å². The molecular formula is C9H9BrN4. The maximum atomic E-state index is 3.69. The van der Waals surface area contributed by atoms with Crippen molar-refractivity contribution in [3.8, 4) is 0 Å².